The molecular formula is C12H14BrClN2S. The molecule has 0 amide bonds. The van der Waals surface area contributed by atoms with Crippen molar-refractivity contribution in [3.05, 3.63) is 27.7 Å². The fourth-order valence-corrected chi connectivity index (χ4v) is 3.21. The van der Waals surface area contributed by atoms with E-state index in [2.05, 4.69) is 40.1 Å². The van der Waals surface area contributed by atoms with Gasteiger partial charge in [0.15, 0.2) is 5.17 Å². The Morgan fingerprint density at radius 3 is 2.94 bits per heavy atom. The number of nitrogens with zero attached hydrogens (tertiary/aromatic N) is 1. The number of rotatable bonds is 2. The lowest BCUT2D eigenvalue weighted by atomic mass is 10.1. The zero-order valence-electron chi connectivity index (χ0n) is 9.71. The second-order valence-electron chi connectivity index (χ2n) is 4.31. The van der Waals surface area contributed by atoms with Crippen LogP contribution in [0.2, 0.25) is 5.02 Å². The maximum atomic E-state index is 5.97. The van der Waals surface area contributed by atoms with Crippen LogP contribution in [0.25, 0.3) is 0 Å². The summed E-state index contributed by atoms with van der Waals surface area (Å²) in [6.45, 7) is 4.40. The van der Waals surface area contributed by atoms with Crippen LogP contribution in [-0.4, -0.2) is 17.0 Å². The Hall–Kier alpha value is -0.190. The molecule has 0 aromatic heterocycles. The van der Waals surface area contributed by atoms with Gasteiger partial charge >= 0.3 is 0 Å². The number of benzene rings is 1. The molecule has 1 atom stereocenters. The quantitative estimate of drug-likeness (QED) is 0.852. The predicted octanol–water partition coefficient (Wildman–Crippen LogP) is 4.64. The summed E-state index contributed by atoms with van der Waals surface area (Å²) in [4.78, 5) is 4.66. The molecule has 1 N–H and O–H groups in total. The van der Waals surface area contributed by atoms with Crippen molar-refractivity contribution in [2.45, 2.75) is 19.9 Å². The molecule has 0 spiro atoms. The van der Waals surface area contributed by atoms with Crippen LogP contribution in [0.15, 0.2) is 27.7 Å². The molecular weight excluding hydrogens is 320 g/mol. The Kier molecular flexibility index (Phi) is 4.39. The van der Waals surface area contributed by atoms with E-state index in [-0.39, 0.29) is 0 Å². The molecule has 1 aliphatic heterocycles. The number of hydrogen-bond donors (Lipinski definition) is 1. The fourth-order valence-electron chi connectivity index (χ4n) is 1.51. The Bertz CT molecular complexity index is 448. The summed E-state index contributed by atoms with van der Waals surface area (Å²) in [7, 11) is 0. The molecule has 0 aliphatic carbocycles. The zero-order valence-corrected chi connectivity index (χ0v) is 12.9. The first-order chi connectivity index (χ1) is 8.06. The van der Waals surface area contributed by atoms with E-state index in [0.717, 1.165) is 26.1 Å². The van der Waals surface area contributed by atoms with Gasteiger partial charge in [-0.1, -0.05) is 37.2 Å². The minimum absolute atomic E-state index is 0.417. The van der Waals surface area contributed by atoms with Gasteiger partial charge in [0.2, 0.25) is 0 Å². The fraction of sp³-hybridized carbons (Fsp3) is 0.417. The van der Waals surface area contributed by atoms with Crippen molar-refractivity contribution in [2.24, 2.45) is 10.9 Å². The van der Waals surface area contributed by atoms with Gasteiger partial charge in [0.25, 0.3) is 0 Å². The molecule has 1 aromatic rings. The minimum Gasteiger partial charge on any atom is -0.334 e. The summed E-state index contributed by atoms with van der Waals surface area (Å²) in [6.07, 6.45) is 0. The monoisotopic (exact) mass is 332 g/mol. The van der Waals surface area contributed by atoms with E-state index in [1.165, 1.54) is 0 Å². The molecule has 2 rings (SSSR count). The van der Waals surface area contributed by atoms with Crippen molar-refractivity contribution in [3.8, 4) is 0 Å². The van der Waals surface area contributed by atoms with Crippen molar-refractivity contribution in [1.29, 1.82) is 0 Å². The molecule has 1 aromatic carbocycles. The number of thioether (sulfide) groups is 1. The van der Waals surface area contributed by atoms with Crippen LogP contribution in [0.4, 0.5) is 5.69 Å². The highest BCUT2D eigenvalue weighted by molar-refractivity contribution is 9.10. The Morgan fingerprint density at radius 1 is 1.53 bits per heavy atom. The smallest absolute Gasteiger partial charge is 0.161 e. The highest BCUT2D eigenvalue weighted by Crippen LogP contribution is 2.29. The zero-order chi connectivity index (χ0) is 12.4. The SMILES string of the molecule is CC(C)[C@H]1CSC(Nc2cc(Cl)ccc2Br)=N1. The second kappa shape index (κ2) is 5.63. The molecule has 0 saturated heterocycles. The van der Waals surface area contributed by atoms with Gasteiger partial charge in [-0.05, 0) is 40.0 Å². The summed E-state index contributed by atoms with van der Waals surface area (Å²) in [5.41, 5.74) is 0.966. The molecule has 0 fully saturated rings. The van der Waals surface area contributed by atoms with Gasteiger partial charge in [-0.2, -0.15) is 0 Å². The number of nitrogens with one attached hydrogen (secondary N) is 1. The topological polar surface area (TPSA) is 24.4 Å². The molecule has 0 saturated carbocycles. The third kappa shape index (κ3) is 3.39. The lowest BCUT2D eigenvalue weighted by Crippen LogP contribution is -2.12. The number of amidine groups is 1. The summed E-state index contributed by atoms with van der Waals surface area (Å²) in [6, 6.07) is 6.11. The van der Waals surface area contributed by atoms with E-state index in [1.54, 1.807) is 11.8 Å². The largest absolute Gasteiger partial charge is 0.334 e. The normalized spacial score (nSPS) is 19.6. The summed E-state index contributed by atoms with van der Waals surface area (Å²) >= 11 is 11.2. The first-order valence-corrected chi connectivity index (χ1v) is 7.64. The molecule has 5 heteroatoms. The van der Waals surface area contributed by atoms with Crippen LogP contribution in [-0.2, 0) is 0 Å². The van der Waals surface area contributed by atoms with E-state index in [4.69, 9.17) is 11.6 Å². The van der Waals surface area contributed by atoms with Gasteiger partial charge in [-0.15, -0.1) is 0 Å². The first kappa shape index (κ1) is 13.2. The predicted molar refractivity (Wildman–Crippen MR) is 81.3 cm³/mol. The molecule has 0 unspecified atom stereocenters. The highest BCUT2D eigenvalue weighted by Gasteiger charge is 2.21. The van der Waals surface area contributed by atoms with Crippen LogP contribution < -0.4 is 5.32 Å². The number of anilines is 1. The lowest BCUT2D eigenvalue weighted by Gasteiger charge is -2.08. The van der Waals surface area contributed by atoms with Crippen molar-refractivity contribution in [3.63, 3.8) is 0 Å². The molecule has 0 bridgehead atoms. The molecule has 2 nitrogen and oxygen atoms in total. The Morgan fingerprint density at radius 2 is 2.29 bits per heavy atom. The molecule has 0 radical (unpaired) electrons. The van der Waals surface area contributed by atoms with Crippen LogP contribution >= 0.6 is 39.3 Å². The summed E-state index contributed by atoms with van der Waals surface area (Å²) in [5.74, 6) is 1.64. The Balaban J connectivity index is 2.11. The van der Waals surface area contributed by atoms with Gasteiger partial charge in [0, 0.05) is 15.2 Å². The second-order valence-corrected chi connectivity index (χ2v) is 6.61. The van der Waals surface area contributed by atoms with Gasteiger partial charge < -0.3 is 5.32 Å². The maximum Gasteiger partial charge on any atom is 0.161 e. The van der Waals surface area contributed by atoms with Crippen molar-refractivity contribution in [2.75, 3.05) is 11.1 Å². The van der Waals surface area contributed by atoms with E-state index < -0.39 is 0 Å². The third-order valence-electron chi connectivity index (χ3n) is 2.61. The standard InChI is InChI=1S/C12H14BrClN2S/c1-7(2)11-6-17-12(16-11)15-10-5-8(14)3-4-9(10)13/h3-5,7,11H,6H2,1-2H3,(H,15,16)/t11-/m1/s1. The summed E-state index contributed by atoms with van der Waals surface area (Å²) < 4.78 is 0.998. The van der Waals surface area contributed by atoms with Crippen LogP contribution in [0.1, 0.15) is 13.8 Å². The average Bonchev–Trinajstić information content (AvgIpc) is 2.72. The molecule has 1 aliphatic rings. The van der Waals surface area contributed by atoms with Crippen molar-refractivity contribution >= 4 is 50.1 Å². The highest BCUT2D eigenvalue weighted by atomic mass is 79.9. The van der Waals surface area contributed by atoms with Crippen molar-refractivity contribution in [1.82, 2.24) is 0 Å². The molecule has 17 heavy (non-hydrogen) atoms. The van der Waals surface area contributed by atoms with E-state index in [0.29, 0.717) is 12.0 Å². The minimum atomic E-state index is 0.417. The van der Waals surface area contributed by atoms with E-state index in [1.807, 2.05) is 18.2 Å². The maximum absolute atomic E-state index is 5.97. The third-order valence-corrected chi connectivity index (χ3v) is 4.53. The van der Waals surface area contributed by atoms with E-state index in [9.17, 15) is 0 Å². The van der Waals surface area contributed by atoms with Crippen LogP contribution in [0.3, 0.4) is 0 Å². The van der Waals surface area contributed by atoms with E-state index >= 15 is 0 Å². The Labute approximate surface area is 119 Å². The number of hydrogen-bond acceptors (Lipinski definition) is 3. The lowest BCUT2D eigenvalue weighted by molar-refractivity contribution is 0.543. The number of halogens is 2. The van der Waals surface area contributed by atoms with Crippen molar-refractivity contribution < 1.29 is 0 Å². The van der Waals surface area contributed by atoms with Gasteiger partial charge in [-0.3, -0.25) is 4.99 Å². The molecule has 92 valence electrons. The van der Waals surface area contributed by atoms with Gasteiger partial charge in [0.1, 0.15) is 0 Å². The average molecular weight is 334 g/mol. The van der Waals surface area contributed by atoms with Gasteiger partial charge in [0.05, 0.1) is 11.7 Å². The first-order valence-electron chi connectivity index (χ1n) is 5.49. The summed E-state index contributed by atoms with van der Waals surface area (Å²) in [5, 5.41) is 5.02. The van der Waals surface area contributed by atoms with Crippen LogP contribution in [0, 0.1) is 5.92 Å². The van der Waals surface area contributed by atoms with Gasteiger partial charge in [-0.25, -0.2) is 0 Å². The number of aliphatic imine (C=N–C) groups is 1. The van der Waals surface area contributed by atoms with Crippen LogP contribution in [0.5, 0.6) is 0 Å². The molecule has 1 heterocycles.